The van der Waals surface area contributed by atoms with Crippen LogP contribution < -0.4 is 16.0 Å². The molecule has 0 saturated carbocycles. The van der Waals surface area contributed by atoms with Crippen molar-refractivity contribution in [1.29, 1.82) is 0 Å². The maximum Gasteiger partial charge on any atom is 0.265 e. The van der Waals surface area contributed by atoms with Crippen molar-refractivity contribution in [2.24, 2.45) is 0 Å². The molecule has 0 atom stereocenters. The Morgan fingerprint density at radius 3 is 2.50 bits per heavy atom. The van der Waals surface area contributed by atoms with Gasteiger partial charge in [-0.15, -0.1) is 22.7 Å². The van der Waals surface area contributed by atoms with E-state index in [1.165, 1.54) is 23.7 Å². The van der Waals surface area contributed by atoms with E-state index in [-0.39, 0.29) is 18.4 Å². The van der Waals surface area contributed by atoms with Gasteiger partial charge in [-0.3, -0.25) is 14.6 Å². The minimum atomic E-state index is -0.371. The molecule has 4 N–H and O–H groups in total. The first-order chi connectivity index (χ1) is 21.4. The van der Waals surface area contributed by atoms with Crippen LogP contribution in [0.3, 0.4) is 0 Å². The van der Waals surface area contributed by atoms with Gasteiger partial charge in [-0.1, -0.05) is 36.4 Å². The number of nitrogens with zero attached hydrogens (tertiary/aromatic N) is 3. The van der Waals surface area contributed by atoms with Gasteiger partial charge in [0, 0.05) is 39.1 Å². The fraction of sp³-hybridized carbons (Fsp3) is 0.0606. The predicted molar refractivity (Wildman–Crippen MR) is 176 cm³/mol. The molecule has 0 saturated heterocycles. The van der Waals surface area contributed by atoms with Crippen molar-refractivity contribution in [3.05, 3.63) is 124 Å². The van der Waals surface area contributed by atoms with Gasteiger partial charge in [-0.25, -0.2) is 9.97 Å². The molecule has 44 heavy (non-hydrogen) atoms. The molecule has 0 aliphatic carbocycles. The Kier molecular flexibility index (Phi) is 8.50. The Balaban J connectivity index is 1.13. The number of aromatic nitrogens is 3. The molecule has 6 rings (SSSR count). The number of carbonyl (C=O) groups excluding carboxylic acids is 2. The van der Waals surface area contributed by atoms with Gasteiger partial charge >= 0.3 is 0 Å². The summed E-state index contributed by atoms with van der Waals surface area (Å²) in [5.74, 6) is -0.231. The van der Waals surface area contributed by atoms with Gasteiger partial charge in [-0.05, 0) is 65.9 Å². The SMILES string of the molecule is Cc1ccc(NC(=O)c2cncc(NC(=O)c3ccc(-c4cccs4)s3)c2)cc1Nc1nccc(-c2ccc(CO)cc2)n1. The summed E-state index contributed by atoms with van der Waals surface area (Å²) < 4.78 is 0. The molecule has 2 aromatic carbocycles. The fourth-order valence-corrected chi connectivity index (χ4v) is 6.09. The average Bonchev–Trinajstić information content (AvgIpc) is 3.76. The summed E-state index contributed by atoms with van der Waals surface area (Å²) in [5, 5.41) is 20.3. The maximum absolute atomic E-state index is 13.1. The Hall–Kier alpha value is -5.23. The van der Waals surface area contributed by atoms with Gasteiger partial charge in [0.1, 0.15) is 0 Å². The van der Waals surface area contributed by atoms with Crippen LogP contribution in [0.1, 0.15) is 31.2 Å². The first kappa shape index (κ1) is 28.9. The monoisotopic (exact) mass is 618 g/mol. The maximum atomic E-state index is 13.1. The van der Waals surface area contributed by atoms with Gasteiger partial charge in [0.2, 0.25) is 5.95 Å². The summed E-state index contributed by atoms with van der Waals surface area (Å²) >= 11 is 3.03. The van der Waals surface area contributed by atoms with Crippen LogP contribution in [-0.2, 0) is 6.61 Å². The summed E-state index contributed by atoms with van der Waals surface area (Å²) in [6.07, 6.45) is 4.63. The molecule has 0 fully saturated rings. The zero-order valence-electron chi connectivity index (χ0n) is 23.4. The van der Waals surface area contributed by atoms with E-state index >= 15 is 0 Å². The van der Waals surface area contributed by atoms with E-state index < -0.39 is 0 Å². The van der Waals surface area contributed by atoms with Crippen molar-refractivity contribution < 1.29 is 14.7 Å². The molecular weight excluding hydrogens is 593 g/mol. The predicted octanol–water partition coefficient (Wildman–Crippen LogP) is 7.38. The number of pyridine rings is 1. The first-order valence-corrected chi connectivity index (χ1v) is 15.3. The third kappa shape index (κ3) is 6.70. The van der Waals surface area contributed by atoms with Gasteiger partial charge in [-0.2, -0.15) is 0 Å². The van der Waals surface area contributed by atoms with Crippen LogP contribution in [0, 0.1) is 6.92 Å². The van der Waals surface area contributed by atoms with E-state index in [0.29, 0.717) is 27.8 Å². The largest absolute Gasteiger partial charge is 0.392 e. The minimum Gasteiger partial charge on any atom is -0.392 e. The number of hydrogen-bond acceptors (Lipinski definition) is 9. The van der Waals surface area contributed by atoms with E-state index in [2.05, 4.69) is 30.9 Å². The lowest BCUT2D eigenvalue weighted by Crippen LogP contribution is -2.15. The molecule has 0 unspecified atom stereocenters. The van der Waals surface area contributed by atoms with Crippen molar-refractivity contribution in [2.45, 2.75) is 13.5 Å². The van der Waals surface area contributed by atoms with Crippen LogP contribution in [0.25, 0.3) is 21.0 Å². The second-order valence-corrected chi connectivity index (χ2v) is 11.8. The second-order valence-electron chi connectivity index (χ2n) is 9.79. The minimum absolute atomic E-state index is 0.0194. The highest BCUT2D eigenvalue weighted by Crippen LogP contribution is 2.32. The lowest BCUT2D eigenvalue weighted by molar-refractivity contribution is 0.101. The number of nitrogens with one attached hydrogen (secondary N) is 3. The van der Waals surface area contributed by atoms with Crippen LogP contribution in [0.4, 0.5) is 23.0 Å². The highest BCUT2D eigenvalue weighted by Gasteiger charge is 2.14. The topological polar surface area (TPSA) is 129 Å². The lowest BCUT2D eigenvalue weighted by Gasteiger charge is -2.12. The molecule has 11 heteroatoms. The summed E-state index contributed by atoms with van der Waals surface area (Å²) in [4.78, 5) is 41.8. The van der Waals surface area contributed by atoms with Gasteiger partial charge in [0.15, 0.2) is 0 Å². The fourth-order valence-electron chi connectivity index (χ4n) is 4.36. The molecule has 0 radical (unpaired) electrons. The Morgan fingerprint density at radius 1 is 0.864 bits per heavy atom. The number of aliphatic hydroxyl groups excluding tert-OH is 1. The third-order valence-corrected chi connectivity index (χ3v) is 8.83. The highest BCUT2D eigenvalue weighted by molar-refractivity contribution is 7.22. The smallest absolute Gasteiger partial charge is 0.265 e. The Bertz CT molecular complexity index is 1940. The number of rotatable bonds is 9. The highest BCUT2D eigenvalue weighted by atomic mass is 32.1. The molecule has 6 aromatic rings. The van der Waals surface area contributed by atoms with Gasteiger partial charge < -0.3 is 21.1 Å². The molecule has 0 aliphatic heterocycles. The van der Waals surface area contributed by atoms with E-state index in [9.17, 15) is 14.7 Å². The van der Waals surface area contributed by atoms with Crippen LogP contribution in [0.5, 0.6) is 0 Å². The van der Waals surface area contributed by atoms with Crippen LogP contribution in [0.15, 0.2) is 103 Å². The summed E-state index contributed by atoms with van der Waals surface area (Å²) in [6, 6.07) is 24.1. The third-order valence-electron chi connectivity index (χ3n) is 6.68. The summed E-state index contributed by atoms with van der Waals surface area (Å²) in [5.41, 5.74) is 5.40. The molecule has 0 aliphatic rings. The molecule has 4 aromatic heterocycles. The molecule has 0 spiro atoms. The molecule has 9 nitrogen and oxygen atoms in total. The van der Waals surface area contributed by atoms with Gasteiger partial charge in [0.05, 0.1) is 34.6 Å². The number of amides is 2. The molecule has 4 heterocycles. The quantitative estimate of drug-likeness (QED) is 0.133. The van der Waals surface area contributed by atoms with Gasteiger partial charge in [0.25, 0.3) is 11.8 Å². The van der Waals surface area contributed by atoms with Crippen LogP contribution in [0.2, 0.25) is 0 Å². The summed E-state index contributed by atoms with van der Waals surface area (Å²) in [7, 11) is 0. The van der Waals surface area contributed by atoms with Crippen molar-refractivity contribution >= 4 is 57.5 Å². The normalized spacial score (nSPS) is 10.8. The number of thiophene rings is 2. The number of hydrogen-bond donors (Lipinski definition) is 4. The average molecular weight is 619 g/mol. The number of aliphatic hydroxyl groups is 1. The lowest BCUT2D eigenvalue weighted by atomic mass is 10.1. The van der Waals surface area contributed by atoms with E-state index in [1.54, 1.807) is 41.8 Å². The van der Waals surface area contributed by atoms with Crippen molar-refractivity contribution in [2.75, 3.05) is 16.0 Å². The Labute approximate surface area is 261 Å². The van der Waals surface area contributed by atoms with Crippen LogP contribution in [-0.4, -0.2) is 31.9 Å². The van der Waals surface area contributed by atoms with Crippen LogP contribution >= 0.6 is 22.7 Å². The number of benzene rings is 2. The number of carbonyl (C=O) groups is 2. The zero-order valence-corrected chi connectivity index (χ0v) is 25.1. The Morgan fingerprint density at radius 2 is 1.70 bits per heavy atom. The zero-order chi connectivity index (χ0) is 30.5. The second kappa shape index (κ2) is 13.0. The van der Waals surface area contributed by atoms with E-state index in [0.717, 1.165) is 37.8 Å². The van der Waals surface area contributed by atoms with Crippen molar-refractivity contribution in [3.8, 4) is 21.0 Å². The molecule has 2 amide bonds. The van der Waals surface area contributed by atoms with Crippen molar-refractivity contribution in [1.82, 2.24) is 15.0 Å². The summed E-state index contributed by atoms with van der Waals surface area (Å²) in [6.45, 7) is 1.92. The molecular formula is C33H26N6O3S2. The molecule has 0 bridgehead atoms. The van der Waals surface area contributed by atoms with E-state index in [4.69, 9.17) is 0 Å². The molecule has 218 valence electrons. The first-order valence-electron chi connectivity index (χ1n) is 13.6. The number of anilines is 4. The van der Waals surface area contributed by atoms with Crippen molar-refractivity contribution in [3.63, 3.8) is 0 Å². The standard InChI is InChI=1S/C33H26N6O3S2/c1-20-4-9-24(16-27(20)39-33-35-13-12-26(38-33)22-7-5-21(19-40)6-8-22)36-31(41)23-15-25(18-34-17-23)37-32(42)30-11-10-29(44-30)28-3-2-14-43-28/h2-18,40H,19H2,1H3,(H,36,41)(H,37,42)(H,35,38,39). The van der Waals surface area contributed by atoms with E-state index in [1.807, 2.05) is 66.9 Å². The number of aryl methyl sites for hydroxylation is 1.